The molecule has 4 heteroatoms. The first kappa shape index (κ1) is 8.07. The highest BCUT2D eigenvalue weighted by Crippen LogP contribution is 2.16. The van der Waals surface area contributed by atoms with Gasteiger partial charge in [-0.05, 0) is 6.92 Å². The summed E-state index contributed by atoms with van der Waals surface area (Å²) >= 11 is 0. The van der Waals surface area contributed by atoms with Crippen LogP contribution in [0.3, 0.4) is 0 Å². The van der Waals surface area contributed by atoms with E-state index in [0.717, 1.165) is 0 Å². The third-order valence-electron chi connectivity index (χ3n) is 1.59. The number of hydrogen-bond acceptors (Lipinski definition) is 3. The molecule has 0 aliphatic carbocycles. The van der Waals surface area contributed by atoms with Crippen molar-refractivity contribution in [2.45, 2.75) is 19.3 Å². The maximum absolute atomic E-state index is 10.9. The zero-order chi connectivity index (χ0) is 8.43. The van der Waals surface area contributed by atoms with Gasteiger partial charge in [0.15, 0.2) is 6.23 Å². The zero-order valence-corrected chi connectivity index (χ0v) is 6.36. The summed E-state index contributed by atoms with van der Waals surface area (Å²) in [4.78, 5) is 12.1. The third-order valence-corrected chi connectivity index (χ3v) is 1.59. The highest BCUT2D eigenvalue weighted by molar-refractivity contribution is 5.70. The molecule has 1 aliphatic rings. The van der Waals surface area contributed by atoms with E-state index in [9.17, 15) is 9.90 Å². The third kappa shape index (κ3) is 1.35. The summed E-state index contributed by atoms with van der Waals surface area (Å²) in [6.45, 7) is 5.43. The van der Waals surface area contributed by atoms with E-state index in [0.29, 0.717) is 6.54 Å². The zero-order valence-electron chi connectivity index (χ0n) is 6.36. The summed E-state index contributed by atoms with van der Waals surface area (Å²) in [5.41, 5.74) is 0. The molecular formula is C7H11NO3. The number of nitrogens with zero attached hydrogens (tertiary/aromatic N) is 1. The van der Waals surface area contributed by atoms with Crippen LogP contribution in [0.1, 0.15) is 6.92 Å². The predicted octanol–water partition coefficient (Wildman–Crippen LogP) is 0.331. The number of carbonyl (C=O) groups excluding carboxylic acids is 1. The minimum Gasteiger partial charge on any atom is -0.442 e. The molecule has 62 valence electrons. The molecule has 0 bridgehead atoms. The first-order valence-electron chi connectivity index (χ1n) is 3.43. The lowest BCUT2D eigenvalue weighted by Gasteiger charge is -2.15. The van der Waals surface area contributed by atoms with E-state index in [4.69, 9.17) is 4.74 Å². The standard InChI is InChI=1S/C7H11NO3/c1-3-4-8-6(9)5(2)11-7(8)10/h3,5-6,9H,1,4H2,2H3. The van der Waals surface area contributed by atoms with Gasteiger partial charge in [0.2, 0.25) is 0 Å². The molecule has 0 spiro atoms. The summed E-state index contributed by atoms with van der Waals surface area (Å²) in [6.07, 6.45) is -0.212. The van der Waals surface area contributed by atoms with E-state index in [1.807, 2.05) is 0 Å². The summed E-state index contributed by atoms with van der Waals surface area (Å²) in [5.74, 6) is 0. The first-order chi connectivity index (χ1) is 5.16. The van der Waals surface area contributed by atoms with Gasteiger partial charge in [-0.2, -0.15) is 0 Å². The Morgan fingerprint density at radius 1 is 1.91 bits per heavy atom. The number of aliphatic hydroxyl groups excluding tert-OH is 1. The highest BCUT2D eigenvalue weighted by Gasteiger charge is 2.36. The Bertz CT molecular complexity index is 181. The fourth-order valence-corrected chi connectivity index (χ4v) is 0.971. The monoisotopic (exact) mass is 157 g/mol. The largest absolute Gasteiger partial charge is 0.442 e. The maximum atomic E-state index is 10.9. The summed E-state index contributed by atoms with van der Waals surface area (Å²) < 4.78 is 4.73. The molecule has 11 heavy (non-hydrogen) atoms. The van der Waals surface area contributed by atoms with Gasteiger partial charge >= 0.3 is 6.09 Å². The lowest BCUT2D eigenvalue weighted by atomic mass is 10.3. The van der Waals surface area contributed by atoms with Gasteiger partial charge in [-0.15, -0.1) is 6.58 Å². The van der Waals surface area contributed by atoms with Crippen LogP contribution < -0.4 is 0 Å². The second-order valence-electron chi connectivity index (χ2n) is 2.44. The van der Waals surface area contributed by atoms with Crippen molar-refractivity contribution in [2.24, 2.45) is 0 Å². The normalized spacial score (nSPS) is 30.4. The van der Waals surface area contributed by atoms with Crippen molar-refractivity contribution in [2.75, 3.05) is 6.54 Å². The van der Waals surface area contributed by atoms with Crippen LogP contribution >= 0.6 is 0 Å². The number of ether oxygens (including phenoxy) is 1. The molecule has 1 saturated heterocycles. The van der Waals surface area contributed by atoms with Crippen LogP contribution in [0.15, 0.2) is 12.7 Å². The van der Waals surface area contributed by atoms with Crippen LogP contribution in [-0.4, -0.2) is 35.0 Å². The Balaban J connectivity index is 2.63. The van der Waals surface area contributed by atoms with Gasteiger partial charge in [0, 0.05) is 6.54 Å². The van der Waals surface area contributed by atoms with Crippen LogP contribution in [0, 0.1) is 0 Å². The number of hydrogen-bond donors (Lipinski definition) is 1. The lowest BCUT2D eigenvalue weighted by Crippen LogP contribution is -2.35. The van der Waals surface area contributed by atoms with E-state index < -0.39 is 18.4 Å². The van der Waals surface area contributed by atoms with Crippen LogP contribution in [0.4, 0.5) is 4.79 Å². The van der Waals surface area contributed by atoms with Crippen molar-refractivity contribution >= 4 is 6.09 Å². The molecule has 1 aliphatic heterocycles. The van der Waals surface area contributed by atoms with Gasteiger partial charge in [-0.3, -0.25) is 4.90 Å². The first-order valence-corrected chi connectivity index (χ1v) is 3.43. The Hall–Kier alpha value is -1.03. The molecule has 0 aromatic rings. The highest BCUT2D eigenvalue weighted by atomic mass is 16.6. The number of cyclic esters (lactones) is 1. The molecule has 1 heterocycles. The summed E-state index contributed by atoms with van der Waals surface area (Å²) in [5, 5.41) is 9.29. The van der Waals surface area contributed by atoms with E-state index in [-0.39, 0.29) is 0 Å². The predicted molar refractivity (Wildman–Crippen MR) is 38.9 cm³/mol. The van der Waals surface area contributed by atoms with Gasteiger partial charge in [0.25, 0.3) is 0 Å². The van der Waals surface area contributed by atoms with Crippen LogP contribution in [-0.2, 0) is 4.74 Å². The smallest absolute Gasteiger partial charge is 0.412 e. The average Bonchev–Trinajstić information content (AvgIpc) is 2.17. The number of amides is 1. The minimum absolute atomic E-state index is 0.324. The van der Waals surface area contributed by atoms with Crippen molar-refractivity contribution in [1.29, 1.82) is 0 Å². The Morgan fingerprint density at radius 3 is 2.91 bits per heavy atom. The number of rotatable bonds is 2. The molecule has 0 aromatic heterocycles. The van der Waals surface area contributed by atoms with E-state index in [2.05, 4.69) is 6.58 Å². The molecule has 2 atom stereocenters. The van der Waals surface area contributed by atoms with Gasteiger partial charge in [-0.25, -0.2) is 4.79 Å². The summed E-state index contributed by atoms with van der Waals surface area (Å²) in [7, 11) is 0. The molecule has 0 aromatic carbocycles. The van der Waals surface area contributed by atoms with Gasteiger partial charge < -0.3 is 9.84 Å². The van der Waals surface area contributed by atoms with E-state index in [1.54, 1.807) is 13.0 Å². The fourth-order valence-electron chi connectivity index (χ4n) is 0.971. The second-order valence-corrected chi connectivity index (χ2v) is 2.44. The molecule has 2 unspecified atom stereocenters. The average molecular weight is 157 g/mol. The molecule has 1 rings (SSSR count). The fraction of sp³-hybridized carbons (Fsp3) is 0.571. The van der Waals surface area contributed by atoms with Crippen molar-refractivity contribution < 1.29 is 14.6 Å². The Kier molecular flexibility index (Phi) is 2.14. The summed E-state index contributed by atoms with van der Waals surface area (Å²) in [6, 6.07) is 0. The molecule has 4 nitrogen and oxygen atoms in total. The molecule has 0 radical (unpaired) electrons. The quantitative estimate of drug-likeness (QED) is 0.588. The van der Waals surface area contributed by atoms with Gasteiger partial charge in [-0.1, -0.05) is 6.08 Å². The minimum atomic E-state index is -0.833. The lowest BCUT2D eigenvalue weighted by molar-refractivity contribution is 0.0269. The van der Waals surface area contributed by atoms with Crippen molar-refractivity contribution in [1.82, 2.24) is 4.90 Å². The number of carbonyl (C=O) groups is 1. The number of aliphatic hydroxyl groups is 1. The van der Waals surface area contributed by atoms with Crippen LogP contribution in [0.5, 0.6) is 0 Å². The SMILES string of the molecule is C=CCN1C(=O)OC(C)C1O. The molecule has 1 N–H and O–H groups in total. The molecule has 1 amide bonds. The molecule has 1 fully saturated rings. The van der Waals surface area contributed by atoms with Crippen molar-refractivity contribution in [3.05, 3.63) is 12.7 Å². The van der Waals surface area contributed by atoms with Gasteiger partial charge in [0.05, 0.1) is 0 Å². The molecular weight excluding hydrogens is 146 g/mol. The Labute approximate surface area is 65.1 Å². The van der Waals surface area contributed by atoms with Crippen molar-refractivity contribution in [3.8, 4) is 0 Å². The van der Waals surface area contributed by atoms with E-state index >= 15 is 0 Å². The molecule has 0 saturated carbocycles. The van der Waals surface area contributed by atoms with Crippen LogP contribution in [0.25, 0.3) is 0 Å². The second kappa shape index (κ2) is 2.92. The van der Waals surface area contributed by atoms with Crippen LogP contribution in [0.2, 0.25) is 0 Å². The topological polar surface area (TPSA) is 49.8 Å². The Morgan fingerprint density at radius 2 is 2.55 bits per heavy atom. The maximum Gasteiger partial charge on any atom is 0.412 e. The van der Waals surface area contributed by atoms with E-state index in [1.165, 1.54) is 4.90 Å². The van der Waals surface area contributed by atoms with Gasteiger partial charge in [0.1, 0.15) is 6.10 Å². The van der Waals surface area contributed by atoms with Crippen molar-refractivity contribution in [3.63, 3.8) is 0 Å².